The summed E-state index contributed by atoms with van der Waals surface area (Å²) in [6.07, 6.45) is 0. The van der Waals surface area contributed by atoms with Crippen molar-refractivity contribution in [3.05, 3.63) is 58.6 Å². The Morgan fingerprint density at radius 1 is 1.12 bits per heavy atom. The van der Waals surface area contributed by atoms with Crippen molar-refractivity contribution in [1.29, 1.82) is 0 Å². The van der Waals surface area contributed by atoms with Crippen LogP contribution in [0.25, 0.3) is 0 Å². The zero-order chi connectivity index (χ0) is 18.4. The van der Waals surface area contributed by atoms with Gasteiger partial charge < -0.3 is 10.6 Å². The Morgan fingerprint density at radius 3 is 2.56 bits per heavy atom. The molecule has 0 aliphatic heterocycles. The number of anilines is 2. The summed E-state index contributed by atoms with van der Waals surface area (Å²) in [5.74, 6) is -0.118. The first-order valence-corrected chi connectivity index (χ1v) is 8.40. The molecule has 0 fully saturated rings. The fraction of sp³-hybridized carbons (Fsp3) is 0.167. The first-order valence-electron chi connectivity index (χ1n) is 7.61. The first-order chi connectivity index (χ1) is 11.9. The van der Waals surface area contributed by atoms with Gasteiger partial charge in [0.1, 0.15) is 0 Å². The van der Waals surface area contributed by atoms with E-state index in [9.17, 15) is 4.79 Å². The Bertz CT molecular complexity index is 836. The Hall–Kier alpha value is -2.44. The lowest BCUT2D eigenvalue weighted by molar-refractivity contribution is -0.114. The molecule has 0 saturated carbocycles. The minimum atomic E-state index is -0.118. The number of hydrazone groups is 1. The largest absolute Gasteiger partial charge is 0.331 e. The van der Waals surface area contributed by atoms with Gasteiger partial charge in [-0.2, -0.15) is 5.10 Å². The molecule has 5 nitrogen and oxygen atoms in total. The molecular formula is C18H19ClN4OS. The van der Waals surface area contributed by atoms with Crippen LogP contribution in [0.15, 0.2) is 47.6 Å². The lowest BCUT2D eigenvalue weighted by atomic mass is 10.1. The third kappa shape index (κ3) is 5.55. The molecule has 0 aliphatic rings. The summed E-state index contributed by atoms with van der Waals surface area (Å²) in [5.41, 5.74) is 6.88. The van der Waals surface area contributed by atoms with Crippen molar-refractivity contribution in [3.63, 3.8) is 0 Å². The van der Waals surface area contributed by atoms with E-state index in [2.05, 4.69) is 21.2 Å². The number of nitrogens with one attached hydrogen (secondary N) is 3. The standard InChI is InChI=1S/C18H19ClN4OS/c1-11-16(19)8-5-9-17(11)21-18(25)23-22-12(2)14-6-4-7-15(10-14)20-13(3)24/h4-10H,1-3H3,(H,20,24)(H2,21,23,25)/b22-12+. The molecule has 2 aromatic rings. The van der Waals surface area contributed by atoms with E-state index in [4.69, 9.17) is 23.8 Å². The maximum atomic E-state index is 11.1. The number of hydrogen-bond acceptors (Lipinski definition) is 3. The van der Waals surface area contributed by atoms with Crippen LogP contribution >= 0.6 is 23.8 Å². The van der Waals surface area contributed by atoms with Crippen molar-refractivity contribution in [2.45, 2.75) is 20.8 Å². The fourth-order valence-electron chi connectivity index (χ4n) is 2.12. The normalized spacial score (nSPS) is 11.0. The van der Waals surface area contributed by atoms with Crippen LogP contribution in [-0.4, -0.2) is 16.7 Å². The Morgan fingerprint density at radius 2 is 1.84 bits per heavy atom. The van der Waals surface area contributed by atoms with Crippen molar-refractivity contribution in [3.8, 4) is 0 Å². The zero-order valence-corrected chi connectivity index (χ0v) is 15.8. The van der Waals surface area contributed by atoms with Gasteiger partial charge in [0.15, 0.2) is 5.11 Å². The van der Waals surface area contributed by atoms with Crippen molar-refractivity contribution in [2.24, 2.45) is 5.10 Å². The van der Waals surface area contributed by atoms with E-state index in [-0.39, 0.29) is 5.91 Å². The summed E-state index contributed by atoms with van der Waals surface area (Å²) in [7, 11) is 0. The van der Waals surface area contributed by atoms with E-state index in [0.717, 1.165) is 28.2 Å². The van der Waals surface area contributed by atoms with Crippen LogP contribution in [-0.2, 0) is 4.79 Å². The van der Waals surface area contributed by atoms with Gasteiger partial charge in [-0.3, -0.25) is 10.2 Å². The van der Waals surface area contributed by atoms with Crippen LogP contribution in [0.5, 0.6) is 0 Å². The molecule has 0 bridgehead atoms. The highest BCUT2D eigenvalue weighted by molar-refractivity contribution is 7.80. The molecule has 0 spiro atoms. The molecule has 7 heteroatoms. The summed E-state index contributed by atoms with van der Waals surface area (Å²) < 4.78 is 0. The number of rotatable bonds is 4. The first kappa shape index (κ1) is 18.9. The second kappa shape index (κ2) is 8.60. The highest BCUT2D eigenvalue weighted by Crippen LogP contribution is 2.22. The van der Waals surface area contributed by atoms with E-state index < -0.39 is 0 Å². The highest BCUT2D eigenvalue weighted by Gasteiger charge is 2.04. The molecule has 0 atom stereocenters. The molecule has 2 rings (SSSR count). The topological polar surface area (TPSA) is 65.5 Å². The molecule has 2 aromatic carbocycles. The molecule has 0 unspecified atom stereocenters. The average molecular weight is 375 g/mol. The minimum absolute atomic E-state index is 0.118. The van der Waals surface area contributed by atoms with Gasteiger partial charge in [0.2, 0.25) is 5.91 Å². The fourth-order valence-corrected chi connectivity index (χ4v) is 2.45. The number of carbonyl (C=O) groups is 1. The van der Waals surface area contributed by atoms with Gasteiger partial charge >= 0.3 is 0 Å². The monoisotopic (exact) mass is 374 g/mol. The van der Waals surface area contributed by atoms with Gasteiger partial charge in [0.05, 0.1) is 5.71 Å². The van der Waals surface area contributed by atoms with Crippen LogP contribution in [0.3, 0.4) is 0 Å². The number of nitrogens with zero attached hydrogens (tertiary/aromatic N) is 1. The third-order valence-electron chi connectivity index (χ3n) is 3.44. The number of thiocarbonyl (C=S) groups is 1. The maximum Gasteiger partial charge on any atom is 0.221 e. The average Bonchev–Trinajstić information content (AvgIpc) is 2.56. The molecule has 130 valence electrons. The predicted octanol–water partition coefficient (Wildman–Crippen LogP) is 4.32. The molecule has 0 heterocycles. The van der Waals surface area contributed by atoms with Crippen molar-refractivity contribution >= 4 is 51.9 Å². The number of benzene rings is 2. The van der Waals surface area contributed by atoms with Crippen LogP contribution in [0.1, 0.15) is 25.0 Å². The van der Waals surface area contributed by atoms with E-state index in [0.29, 0.717) is 10.1 Å². The van der Waals surface area contributed by atoms with Gasteiger partial charge in [-0.15, -0.1) is 0 Å². The zero-order valence-electron chi connectivity index (χ0n) is 14.2. The minimum Gasteiger partial charge on any atom is -0.331 e. The Balaban J connectivity index is 2.04. The molecular weight excluding hydrogens is 356 g/mol. The molecule has 25 heavy (non-hydrogen) atoms. The van der Waals surface area contributed by atoms with Gasteiger partial charge in [0, 0.05) is 23.3 Å². The van der Waals surface area contributed by atoms with Gasteiger partial charge in [-0.25, -0.2) is 0 Å². The summed E-state index contributed by atoms with van der Waals surface area (Å²) >= 11 is 11.4. The molecule has 0 saturated heterocycles. The van der Waals surface area contributed by atoms with Crippen LogP contribution in [0.2, 0.25) is 5.02 Å². The second-order valence-corrected chi connectivity index (χ2v) is 6.25. The highest BCUT2D eigenvalue weighted by atomic mass is 35.5. The molecule has 0 aromatic heterocycles. The van der Waals surface area contributed by atoms with E-state index in [1.54, 1.807) is 0 Å². The van der Waals surface area contributed by atoms with Gasteiger partial charge in [-0.05, 0) is 61.5 Å². The second-order valence-electron chi connectivity index (χ2n) is 5.44. The number of amides is 1. The number of halogens is 1. The Labute approximate surface area is 157 Å². The summed E-state index contributed by atoms with van der Waals surface area (Å²) in [4.78, 5) is 11.1. The number of hydrogen-bond donors (Lipinski definition) is 3. The van der Waals surface area contributed by atoms with E-state index in [1.807, 2.05) is 56.3 Å². The van der Waals surface area contributed by atoms with E-state index in [1.165, 1.54) is 6.92 Å². The summed E-state index contributed by atoms with van der Waals surface area (Å²) in [6, 6.07) is 13.0. The van der Waals surface area contributed by atoms with Crippen LogP contribution in [0.4, 0.5) is 11.4 Å². The summed E-state index contributed by atoms with van der Waals surface area (Å²) in [5, 5.41) is 11.1. The molecule has 3 N–H and O–H groups in total. The lowest BCUT2D eigenvalue weighted by Crippen LogP contribution is -2.25. The molecule has 0 radical (unpaired) electrons. The Kier molecular flexibility index (Phi) is 6.50. The summed E-state index contributed by atoms with van der Waals surface area (Å²) in [6.45, 7) is 5.24. The van der Waals surface area contributed by atoms with Crippen LogP contribution in [0, 0.1) is 6.92 Å². The number of carbonyl (C=O) groups excluding carboxylic acids is 1. The maximum absolute atomic E-state index is 11.1. The SMILES string of the molecule is CC(=O)Nc1cccc(/C(C)=N/NC(=S)Nc2cccc(Cl)c2C)c1. The quantitative estimate of drug-likeness (QED) is 0.423. The van der Waals surface area contributed by atoms with E-state index >= 15 is 0 Å². The molecule has 1 amide bonds. The predicted molar refractivity (Wildman–Crippen MR) is 109 cm³/mol. The smallest absolute Gasteiger partial charge is 0.221 e. The van der Waals surface area contributed by atoms with Gasteiger partial charge in [-0.1, -0.05) is 29.8 Å². The lowest BCUT2D eigenvalue weighted by Gasteiger charge is -2.11. The molecule has 0 aliphatic carbocycles. The third-order valence-corrected chi connectivity index (χ3v) is 4.04. The van der Waals surface area contributed by atoms with Crippen molar-refractivity contribution < 1.29 is 4.79 Å². The van der Waals surface area contributed by atoms with Crippen LogP contribution < -0.4 is 16.1 Å². The van der Waals surface area contributed by atoms with Crippen molar-refractivity contribution in [2.75, 3.05) is 10.6 Å². The van der Waals surface area contributed by atoms with Gasteiger partial charge in [0.25, 0.3) is 0 Å². The van der Waals surface area contributed by atoms with Crippen molar-refractivity contribution in [1.82, 2.24) is 5.43 Å².